The molecule has 23 heavy (non-hydrogen) atoms. The van der Waals surface area contributed by atoms with E-state index >= 15 is 0 Å². The second-order valence-electron chi connectivity index (χ2n) is 6.97. The summed E-state index contributed by atoms with van der Waals surface area (Å²) in [5, 5.41) is 0. The lowest BCUT2D eigenvalue weighted by molar-refractivity contribution is -0.150. The van der Waals surface area contributed by atoms with Crippen LogP contribution in [0.2, 0.25) is 0 Å². The number of nitrogens with two attached hydrogens (primary N) is 1. The minimum atomic E-state index is -4.01. The van der Waals surface area contributed by atoms with Gasteiger partial charge < -0.3 is 10.6 Å². The van der Waals surface area contributed by atoms with Crippen LogP contribution >= 0.6 is 0 Å². The maximum absolute atomic E-state index is 13.1. The summed E-state index contributed by atoms with van der Waals surface area (Å²) in [4.78, 5) is 15.6. The van der Waals surface area contributed by atoms with Crippen molar-refractivity contribution < 1.29 is 22.4 Å². The Kier molecular flexibility index (Phi) is 5.56. The van der Waals surface area contributed by atoms with Crippen LogP contribution < -0.4 is 5.73 Å². The van der Waals surface area contributed by atoms with Crippen LogP contribution in [0.1, 0.15) is 32.6 Å². The Hall–Kier alpha value is -0.890. The van der Waals surface area contributed by atoms with Gasteiger partial charge in [0, 0.05) is 31.7 Å². The zero-order valence-electron chi connectivity index (χ0n) is 13.4. The van der Waals surface area contributed by atoms with Gasteiger partial charge >= 0.3 is 12.3 Å². The fourth-order valence-corrected chi connectivity index (χ4v) is 3.48. The first-order valence-electron chi connectivity index (χ1n) is 8.09. The molecular formula is C15H25F4N3O. The van der Waals surface area contributed by atoms with Gasteiger partial charge in [-0.25, -0.2) is 8.78 Å². The second-order valence-corrected chi connectivity index (χ2v) is 6.97. The van der Waals surface area contributed by atoms with Crippen LogP contribution in [-0.4, -0.2) is 66.3 Å². The fraction of sp³-hybridized carbons (Fsp3) is 0.933. The lowest BCUT2D eigenvalue weighted by Crippen LogP contribution is -2.58. The summed E-state index contributed by atoms with van der Waals surface area (Å²) < 4.78 is 50.7. The van der Waals surface area contributed by atoms with Gasteiger partial charge in [-0.1, -0.05) is 12.8 Å². The van der Waals surface area contributed by atoms with E-state index in [0.29, 0.717) is 0 Å². The van der Waals surface area contributed by atoms with E-state index < -0.39 is 24.4 Å². The van der Waals surface area contributed by atoms with E-state index in [1.807, 2.05) is 6.92 Å². The van der Waals surface area contributed by atoms with Crippen LogP contribution in [0.25, 0.3) is 0 Å². The number of nitrogens with zero attached hydrogens (tertiary/aromatic N) is 2. The van der Waals surface area contributed by atoms with E-state index in [4.69, 9.17) is 5.73 Å². The first kappa shape index (κ1) is 18.4. The number of amides is 1. The minimum absolute atomic E-state index is 0.0324. The van der Waals surface area contributed by atoms with E-state index in [2.05, 4.69) is 0 Å². The molecule has 8 heteroatoms. The maximum Gasteiger partial charge on any atom is 0.319 e. The topological polar surface area (TPSA) is 49.6 Å². The first-order chi connectivity index (χ1) is 10.6. The molecule has 2 unspecified atom stereocenters. The molecule has 4 nitrogen and oxygen atoms in total. The minimum Gasteiger partial charge on any atom is -0.340 e. The second kappa shape index (κ2) is 6.93. The summed E-state index contributed by atoms with van der Waals surface area (Å²) >= 11 is 0. The highest BCUT2D eigenvalue weighted by atomic mass is 19.3. The number of hydrogen-bond donors (Lipinski definition) is 1. The molecule has 1 aliphatic carbocycles. The SMILES string of the molecule is CC1(N)CCCCC1C(=O)N1CCN(CC(F)(F)C(F)F)CC1. The number of hydrogen-bond acceptors (Lipinski definition) is 3. The van der Waals surface area contributed by atoms with Crippen molar-refractivity contribution in [2.45, 2.75) is 50.5 Å². The Bertz CT molecular complexity index is 423. The Morgan fingerprint density at radius 3 is 2.39 bits per heavy atom. The fourth-order valence-electron chi connectivity index (χ4n) is 3.48. The molecule has 2 N–H and O–H groups in total. The van der Waals surface area contributed by atoms with Gasteiger partial charge in [-0.2, -0.15) is 8.78 Å². The Labute approximate surface area is 134 Å². The van der Waals surface area contributed by atoms with Crippen molar-refractivity contribution in [2.24, 2.45) is 11.7 Å². The molecule has 0 aromatic heterocycles. The van der Waals surface area contributed by atoms with Gasteiger partial charge in [0.2, 0.25) is 5.91 Å². The number of rotatable bonds is 4. The highest BCUT2D eigenvalue weighted by Crippen LogP contribution is 2.33. The molecule has 1 saturated heterocycles. The third kappa shape index (κ3) is 4.35. The molecule has 1 amide bonds. The lowest BCUT2D eigenvalue weighted by atomic mass is 9.74. The Morgan fingerprint density at radius 1 is 1.26 bits per heavy atom. The summed E-state index contributed by atoms with van der Waals surface area (Å²) in [5.41, 5.74) is 5.70. The highest BCUT2D eigenvalue weighted by molar-refractivity contribution is 5.80. The highest BCUT2D eigenvalue weighted by Gasteiger charge is 2.44. The number of alkyl halides is 4. The van der Waals surface area contributed by atoms with Crippen molar-refractivity contribution in [1.29, 1.82) is 0 Å². The lowest BCUT2D eigenvalue weighted by Gasteiger charge is -2.42. The van der Waals surface area contributed by atoms with E-state index in [9.17, 15) is 22.4 Å². The van der Waals surface area contributed by atoms with E-state index in [1.54, 1.807) is 4.90 Å². The molecule has 0 bridgehead atoms. The van der Waals surface area contributed by atoms with E-state index in [1.165, 1.54) is 4.90 Å². The summed E-state index contributed by atoms with van der Waals surface area (Å²) in [5.74, 6) is -4.29. The molecule has 2 fully saturated rings. The molecule has 0 spiro atoms. The van der Waals surface area contributed by atoms with Crippen molar-refractivity contribution in [3.05, 3.63) is 0 Å². The average molecular weight is 339 g/mol. The summed E-state index contributed by atoms with van der Waals surface area (Å²) in [6.07, 6.45) is -0.154. The van der Waals surface area contributed by atoms with Crippen LogP contribution in [0.4, 0.5) is 17.6 Å². The summed E-state index contributed by atoms with van der Waals surface area (Å²) in [6.45, 7) is 1.85. The molecule has 2 aliphatic rings. The first-order valence-corrected chi connectivity index (χ1v) is 8.09. The predicted octanol–water partition coefficient (Wildman–Crippen LogP) is 1.94. The monoisotopic (exact) mass is 339 g/mol. The van der Waals surface area contributed by atoms with Crippen LogP contribution in [0.15, 0.2) is 0 Å². The quantitative estimate of drug-likeness (QED) is 0.797. The number of piperazine rings is 1. The van der Waals surface area contributed by atoms with Gasteiger partial charge in [-0.15, -0.1) is 0 Å². The zero-order valence-corrected chi connectivity index (χ0v) is 13.4. The van der Waals surface area contributed by atoms with Crippen molar-refractivity contribution in [1.82, 2.24) is 9.80 Å². The van der Waals surface area contributed by atoms with Crippen LogP contribution in [0, 0.1) is 5.92 Å². The average Bonchev–Trinajstić information content (AvgIpc) is 2.46. The zero-order chi connectivity index (χ0) is 17.3. The van der Waals surface area contributed by atoms with Crippen molar-refractivity contribution in [3.63, 3.8) is 0 Å². The molecule has 1 saturated carbocycles. The van der Waals surface area contributed by atoms with Gasteiger partial charge in [0.05, 0.1) is 12.5 Å². The van der Waals surface area contributed by atoms with E-state index in [0.717, 1.165) is 25.7 Å². The predicted molar refractivity (Wildman–Crippen MR) is 78.5 cm³/mol. The van der Waals surface area contributed by atoms with E-state index in [-0.39, 0.29) is 38.0 Å². The number of halogens is 4. The van der Waals surface area contributed by atoms with Gasteiger partial charge in [-0.05, 0) is 19.8 Å². The standard InChI is InChI=1S/C15H25F4N3O/c1-14(20)5-3-2-4-11(14)12(23)22-8-6-21(7-9-22)10-15(18,19)13(16)17/h11,13H,2-10,20H2,1H3. The number of carbonyl (C=O) groups is 1. The van der Waals surface area contributed by atoms with Gasteiger partial charge in [0.25, 0.3) is 0 Å². The van der Waals surface area contributed by atoms with Gasteiger partial charge in [0.15, 0.2) is 0 Å². The molecular weight excluding hydrogens is 314 g/mol. The molecule has 1 aliphatic heterocycles. The van der Waals surface area contributed by atoms with Crippen molar-refractivity contribution >= 4 is 5.91 Å². The number of carbonyl (C=O) groups excluding carboxylic acids is 1. The molecule has 2 atom stereocenters. The molecule has 1 heterocycles. The largest absolute Gasteiger partial charge is 0.340 e. The van der Waals surface area contributed by atoms with Crippen LogP contribution in [-0.2, 0) is 4.79 Å². The summed E-state index contributed by atoms with van der Waals surface area (Å²) in [7, 11) is 0. The Balaban J connectivity index is 1.88. The van der Waals surface area contributed by atoms with Crippen LogP contribution in [0.5, 0.6) is 0 Å². The maximum atomic E-state index is 13.1. The van der Waals surface area contributed by atoms with Crippen LogP contribution in [0.3, 0.4) is 0 Å². The third-order valence-electron chi connectivity index (χ3n) is 4.99. The smallest absolute Gasteiger partial charge is 0.319 e. The molecule has 0 aromatic rings. The normalized spacial score (nSPS) is 30.7. The Morgan fingerprint density at radius 2 is 1.87 bits per heavy atom. The van der Waals surface area contributed by atoms with Gasteiger partial charge in [0.1, 0.15) is 0 Å². The molecule has 0 radical (unpaired) electrons. The molecule has 134 valence electrons. The molecule has 2 rings (SSSR count). The summed E-state index contributed by atoms with van der Waals surface area (Å²) in [6, 6.07) is 0. The van der Waals surface area contributed by atoms with Crippen molar-refractivity contribution in [2.75, 3.05) is 32.7 Å². The third-order valence-corrected chi connectivity index (χ3v) is 4.99. The van der Waals surface area contributed by atoms with Gasteiger partial charge in [-0.3, -0.25) is 9.69 Å². The van der Waals surface area contributed by atoms with Crippen molar-refractivity contribution in [3.8, 4) is 0 Å². The molecule has 0 aromatic carbocycles.